The Morgan fingerprint density at radius 3 is 2.84 bits per heavy atom. The summed E-state index contributed by atoms with van der Waals surface area (Å²) in [4.78, 5) is 15.5. The van der Waals surface area contributed by atoms with E-state index in [4.69, 9.17) is 17.3 Å². The van der Waals surface area contributed by atoms with Crippen molar-refractivity contribution < 1.29 is 4.79 Å². The van der Waals surface area contributed by atoms with E-state index in [1.807, 2.05) is 24.1 Å². The molecule has 2 N–H and O–H groups in total. The third-order valence-electron chi connectivity index (χ3n) is 3.93. The second-order valence-corrected chi connectivity index (χ2v) is 7.09. The molecule has 0 saturated heterocycles. The maximum absolute atomic E-state index is 12.5. The van der Waals surface area contributed by atoms with Crippen LogP contribution in [0.1, 0.15) is 30.6 Å². The fraction of sp³-hybridized carbons (Fsp3) is 0.643. The maximum atomic E-state index is 12.5. The quantitative estimate of drug-likeness (QED) is 0.928. The zero-order valence-corrected chi connectivity index (χ0v) is 12.8. The molecule has 106 valence electrons. The van der Waals surface area contributed by atoms with Crippen molar-refractivity contribution in [2.45, 2.75) is 32.2 Å². The van der Waals surface area contributed by atoms with Crippen LogP contribution in [-0.4, -0.2) is 24.4 Å². The Bertz CT molecular complexity index is 435. The molecule has 1 aliphatic carbocycles. The van der Waals surface area contributed by atoms with Crippen LogP contribution >= 0.6 is 22.9 Å². The zero-order valence-electron chi connectivity index (χ0n) is 11.3. The first-order valence-electron chi connectivity index (χ1n) is 6.81. The number of thiophene rings is 1. The number of nitrogens with zero attached hydrogens (tertiary/aromatic N) is 1. The molecule has 19 heavy (non-hydrogen) atoms. The maximum Gasteiger partial charge on any atom is 0.226 e. The lowest BCUT2D eigenvalue weighted by atomic mass is 9.78. The molecule has 1 saturated carbocycles. The summed E-state index contributed by atoms with van der Waals surface area (Å²) < 4.78 is 0.772. The van der Waals surface area contributed by atoms with Gasteiger partial charge in [0.1, 0.15) is 0 Å². The zero-order chi connectivity index (χ0) is 13.8. The van der Waals surface area contributed by atoms with Crippen LogP contribution in [0, 0.1) is 11.8 Å². The van der Waals surface area contributed by atoms with Crippen LogP contribution < -0.4 is 5.73 Å². The molecule has 0 aromatic carbocycles. The minimum atomic E-state index is 0.110. The summed E-state index contributed by atoms with van der Waals surface area (Å²) >= 11 is 7.45. The average molecular weight is 301 g/mol. The molecule has 1 aromatic heterocycles. The number of carbonyl (C=O) groups excluding carboxylic acids is 1. The van der Waals surface area contributed by atoms with Gasteiger partial charge in [-0.05, 0) is 37.4 Å². The molecule has 2 atom stereocenters. The van der Waals surface area contributed by atoms with E-state index >= 15 is 0 Å². The van der Waals surface area contributed by atoms with E-state index in [0.717, 1.165) is 28.5 Å². The molecule has 1 aliphatic rings. The standard InChI is InChI=1S/C14H21ClN2OS/c1-17(9-11-6-7-13(15)19-11)14(18)12-5-3-2-4-10(12)8-16/h6-7,10,12H,2-5,8-9,16H2,1H3. The van der Waals surface area contributed by atoms with Crippen molar-refractivity contribution in [3.05, 3.63) is 21.3 Å². The van der Waals surface area contributed by atoms with E-state index in [0.29, 0.717) is 19.0 Å². The van der Waals surface area contributed by atoms with Gasteiger partial charge in [0.25, 0.3) is 0 Å². The van der Waals surface area contributed by atoms with Crippen LogP contribution in [-0.2, 0) is 11.3 Å². The predicted molar refractivity (Wildman–Crippen MR) is 80.3 cm³/mol. The van der Waals surface area contributed by atoms with Crippen LogP contribution in [0.25, 0.3) is 0 Å². The molecule has 3 nitrogen and oxygen atoms in total. The SMILES string of the molecule is CN(Cc1ccc(Cl)s1)C(=O)C1CCCCC1CN. The molecule has 0 bridgehead atoms. The van der Waals surface area contributed by atoms with Crippen LogP contribution in [0.15, 0.2) is 12.1 Å². The lowest BCUT2D eigenvalue weighted by Crippen LogP contribution is -2.40. The molecule has 1 heterocycles. The number of nitrogens with two attached hydrogens (primary N) is 1. The van der Waals surface area contributed by atoms with Crippen LogP contribution in [0.3, 0.4) is 0 Å². The van der Waals surface area contributed by atoms with Crippen molar-refractivity contribution in [2.24, 2.45) is 17.6 Å². The van der Waals surface area contributed by atoms with Gasteiger partial charge in [-0.25, -0.2) is 0 Å². The van der Waals surface area contributed by atoms with E-state index < -0.39 is 0 Å². The van der Waals surface area contributed by atoms with E-state index in [1.165, 1.54) is 17.8 Å². The minimum absolute atomic E-state index is 0.110. The number of rotatable bonds is 4. The Hall–Kier alpha value is -0.580. The summed E-state index contributed by atoms with van der Waals surface area (Å²) in [6.45, 7) is 1.26. The van der Waals surface area contributed by atoms with Crippen LogP contribution in [0.4, 0.5) is 0 Å². The Labute approximate surface area is 123 Å². The summed E-state index contributed by atoms with van der Waals surface area (Å²) in [5, 5.41) is 0. The molecular formula is C14H21ClN2OS. The van der Waals surface area contributed by atoms with E-state index in [9.17, 15) is 4.79 Å². The van der Waals surface area contributed by atoms with E-state index in [1.54, 1.807) is 0 Å². The van der Waals surface area contributed by atoms with Gasteiger partial charge in [0.05, 0.1) is 10.9 Å². The lowest BCUT2D eigenvalue weighted by molar-refractivity contribution is -0.137. The first kappa shape index (κ1) is 14.8. The van der Waals surface area contributed by atoms with Crippen LogP contribution in [0.2, 0.25) is 4.34 Å². The summed E-state index contributed by atoms with van der Waals surface area (Å²) in [7, 11) is 1.87. The smallest absolute Gasteiger partial charge is 0.226 e. The van der Waals surface area contributed by atoms with Gasteiger partial charge in [-0.2, -0.15) is 0 Å². The molecule has 1 fully saturated rings. The lowest BCUT2D eigenvalue weighted by Gasteiger charge is -2.32. The third kappa shape index (κ3) is 3.71. The summed E-state index contributed by atoms with van der Waals surface area (Å²) in [5.74, 6) is 0.703. The van der Waals surface area contributed by atoms with Crippen molar-refractivity contribution in [1.29, 1.82) is 0 Å². The second-order valence-electron chi connectivity index (χ2n) is 5.29. The Morgan fingerprint density at radius 1 is 1.47 bits per heavy atom. The van der Waals surface area contributed by atoms with Gasteiger partial charge in [0.2, 0.25) is 5.91 Å². The highest BCUT2D eigenvalue weighted by molar-refractivity contribution is 7.16. The Morgan fingerprint density at radius 2 is 2.21 bits per heavy atom. The van der Waals surface area contributed by atoms with Crippen LogP contribution in [0.5, 0.6) is 0 Å². The molecule has 2 unspecified atom stereocenters. The molecule has 5 heteroatoms. The number of hydrogen-bond acceptors (Lipinski definition) is 3. The van der Waals surface area contributed by atoms with E-state index in [-0.39, 0.29) is 11.8 Å². The highest BCUT2D eigenvalue weighted by Gasteiger charge is 2.31. The highest BCUT2D eigenvalue weighted by Crippen LogP contribution is 2.31. The van der Waals surface area contributed by atoms with Gasteiger partial charge in [-0.3, -0.25) is 4.79 Å². The normalized spacial score (nSPS) is 23.3. The van der Waals surface area contributed by atoms with Crippen molar-refractivity contribution >= 4 is 28.8 Å². The number of hydrogen-bond donors (Lipinski definition) is 1. The first-order chi connectivity index (χ1) is 9.11. The monoisotopic (exact) mass is 300 g/mol. The topological polar surface area (TPSA) is 46.3 Å². The van der Waals surface area contributed by atoms with Crippen molar-refractivity contribution in [3.63, 3.8) is 0 Å². The van der Waals surface area contributed by atoms with Crippen molar-refractivity contribution in [1.82, 2.24) is 4.90 Å². The first-order valence-corrected chi connectivity index (χ1v) is 8.00. The largest absolute Gasteiger partial charge is 0.340 e. The summed E-state index contributed by atoms with van der Waals surface area (Å²) in [6.07, 6.45) is 4.42. The number of carbonyl (C=O) groups is 1. The number of halogens is 1. The van der Waals surface area contributed by atoms with Crippen molar-refractivity contribution in [2.75, 3.05) is 13.6 Å². The molecule has 0 spiro atoms. The van der Waals surface area contributed by atoms with E-state index in [2.05, 4.69) is 0 Å². The minimum Gasteiger partial charge on any atom is -0.340 e. The molecular weight excluding hydrogens is 280 g/mol. The van der Waals surface area contributed by atoms with Gasteiger partial charge < -0.3 is 10.6 Å². The molecule has 1 aromatic rings. The summed E-state index contributed by atoms with van der Waals surface area (Å²) in [5.41, 5.74) is 5.80. The highest BCUT2D eigenvalue weighted by atomic mass is 35.5. The molecule has 0 radical (unpaired) electrons. The Balaban J connectivity index is 1.97. The second kappa shape index (κ2) is 6.73. The van der Waals surface area contributed by atoms with Gasteiger partial charge in [-0.15, -0.1) is 11.3 Å². The fourth-order valence-corrected chi connectivity index (χ4v) is 3.99. The number of amides is 1. The van der Waals surface area contributed by atoms with Gasteiger partial charge >= 0.3 is 0 Å². The molecule has 0 aliphatic heterocycles. The predicted octanol–water partition coefficient (Wildman–Crippen LogP) is 3.13. The van der Waals surface area contributed by atoms with Crippen molar-refractivity contribution in [3.8, 4) is 0 Å². The van der Waals surface area contributed by atoms with Gasteiger partial charge in [-0.1, -0.05) is 24.4 Å². The third-order valence-corrected chi connectivity index (χ3v) is 5.14. The Kier molecular flexibility index (Phi) is 5.25. The van der Waals surface area contributed by atoms with Gasteiger partial charge in [0, 0.05) is 17.8 Å². The molecule has 1 amide bonds. The molecule has 2 rings (SSSR count). The fourth-order valence-electron chi connectivity index (χ4n) is 2.85. The average Bonchev–Trinajstić information content (AvgIpc) is 2.83. The summed E-state index contributed by atoms with van der Waals surface area (Å²) in [6, 6.07) is 3.86. The van der Waals surface area contributed by atoms with Gasteiger partial charge in [0.15, 0.2) is 0 Å².